The van der Waals surface area contributed by atoms with Crippen molar-refractivity contribution in [2.24, 2.45) is 5.92 Å². The van der Waals surface area contributed by atoms with Crippen LogP contribution in [0.2, 0.25) is 0 Å². The summed E-state index contributed by atoms with van der Waals surface area (Å²) in [7, 11) is 0. The summed E-state index contributed by atoms with van der Waals surface area (Å²) in [6.07, 6.45) is -0.395. The minimum absolute atomic E-state index is 0.0232. The highest BCUT2D eigenvalue weighted by Crippen LogP contribution is 2.43. The lowest BCUT2D eigenvalue weighted by Crippen LogP contribution is -2.57. The van der Waals surface area contributed by atoms with Crippen LogP contribution in [0.3, 0.4) is 0 Å². The van der Waals surface area contributed by atoms with Crippen LogP contribution in [0, 0.1) is 35.0 Å². The van der Waals surface area contributed by atoms with Crippen molar-refractivity contribution in [1.29, 1.82) is 0 Å². The second-order valence-corrected chi connectivity index (χ2v) is 13.6. The molecule has 0 radical (unpaired) electrons. The van der Waals surface area contributed by atoms with Crippen molar-refractivity contribution < 1.29 is 46.1 Å². The van der Waals surface area contributed by atoms with Gasteiger partial charge in [0.25, 0.3) is 5.91 Å². The van der Waals surface area contributed by atoms with E-state index in [2.05, 4.69) is 20.4 Å². The maximum atomic E-state index is 14.2. The van der Waals surface area contributed by atoms with Crippen molar-refractivity contribution >= 4 is 23.2 Å². The number of nitrogens with zero attached hydrogens (tertiary/aromatic N) is 2. The van der Waals surface area contributed by atoms with Crippen molar-refractivity contribution in [3.63, 3.8) is 0 Å². The van der Waals surface area contributed by atoms with Gasteiger partial charge in [-0.3, -0.25) is 9.59 Å². The average Bonchev–Trinajstić information content (AvgIpc) is 3.49. The number of likely N-dealkylation sites (tertiary alicyclic amines) is 1. The van der Waals surface area contributed by atoms with E-state index >= 15 is 0 Å². The highest BCUT2D eigenvalue weighted by Gasteiger charge is 2.51. The number of ether oxygens (including phenoxy) is 2. The van der Waals surface area contributed by atoms with Crippen LogP contribution < -0.4 is 15.5 Å². The van der Waals surface area contributed by atoms with E-state index < -0.39 is 58.5 Å². The van der Waals surface area contributed by atoms with Crippen molar-refractivity contribution in [3.8, 4) is 0 Å². The zero-order valence-corrected chi connectivity index (χ0v) is 28.6. The number of halogens is 5. The number of anilines is 2. The molecule has 4 aromatic rings. The number of benzene rings is 4. The lowest BCUT2D eigenvalue weighted by atomic mass is 9.84. The Hall–Kier alpha value is -4.89. The number of rotatable bonds is 8. The first kappa shape index (κ1) is 36.5. The SMILES string of the molecule is C[C@H]1[C@@H](CN2CCC3(CC2)C(=O)NCN3c2ccccc2)O[C@@H](c2ccc(NC(=O)c3c(F)c(F)c(F)c(F)c3F)cc2)O[C@H]1c1ccc(CO)cc1. The molecule has 1 spiro atoms. The summed E-state index contributed by atoms with van der Waals surface area (Å²) in [5.41, 5.74) is 0.941. The first-order valence-corrected chi connectivity index (χ1v) is 17.3. The molecule has 0 bridgehead atoms. The van der Waals surface area contributed by atoms with Gasteiger partial charge in [0.05, 0.1) is 25.5 Å². The number of para-hydroxylation sites is 1. The molecular weight excluding hydrogens is 699 g/mol. The molecule has 3 N–H and O–H groups in total. The molecule has 3 saturated heterocycles. The summed E-state index contributed by atoms with van der Waals surface area (Å²) in [5.74, 6) is -12.9. The van der Waals surface area contributed by atoms with Crippen LogP contribution >= 0.6 is 0 Å². The van der Waals surface area contributed by atoms with E-state index in [9.17, 15) is 36.6 Å². The van der Waals surface area contributed by atoms with Gasteiger partial charge in [0.1, 0.15) is 11.1 Å². The summed E-state index contributed by atoms with van der Waals surface area (Å²) < 4.78 is 82.5. The van der Waals surface area contributed by atoms with E-state index in [0.29, 0.717) is 44.7 Å². The summed E-state index contributed by atoms with van der Waals surface area (Å²) >= 11 is 0. The van der Waals surface area contributed by atoms with Gasteiger partial charge in [-0.05, 0) is 48.2 Å². The Balaban J connectivity index is 1.09. The molecule has 2 amide bonds. The number of aliphatic hydroxyl groups is 1. The monoisotopic (exact) mass is 736 g/mol. The molecule has 0 saturated carbocycles. The van der Waals surface area contributed by atoms with Crippen LogP contribution in [0.15, 0.2) is 78.9 Å². The van der Waals surface area contributed by atoms with Gasteiger partial charge in [-0.25, -0.2) is 22.0 Å². The molecule has 3 heterocycles. The number of hydrogen-bond donors (Lipinski definition) is 3. The van der Waals surface area contributed by atoms with Crippen LogP contribution in [-0.2, 0) is 20.9 Å². The second-order valence-electron chi connectivity index (χ2n) is 13.6. The van der Waals surface area contributed by atoms with E-state index in [0.717, 1.165) is 16.8 Å². The van der Waals surface area contributed by atoms with Crippen LogP contribution in [0.4, 0.5) is 33.3 Å². The van der Waals surface area contributed by atoms with E-state index in [1.54, 1.807) is 12.1 Å². The third-order valence-electron chi connectivity index (χ3n) is 10.5. The fraction of sp³-hybridized carbons (Fsp3) is 0.333. The molecule has 0 aromatic heterocycles. The molecule has 3 aliphatic rings. The first-order valence-electron chi connectivity index (χ1n) is 17.3. The lowest BCUT2D eigenvalue weighted by molar-refractivity contribution is -0.276. The molecule has 278 valence electrons. The second kappa shape index (κ2) is 14.9. The minimum Gasteiger partial charge on any atom is -0.392 e. The third-order valence-corrected chi connectivity index (χ3v) is 10.5. The molecular formula is C39H37F5N4O5. The summed E-state index contributed by atoms with van der Waals surface area (Å²) in [6.45, 7) is 4.23. The fourth-order valence-corrected chi connectivity index (χ4v) is 7.44. The Kier molecular flexibility index (Phi) is 10.2. The Morgan fingerprint density at radius 2 is 1.45 bits per heavy atom. The van der Waals surface area contributed by atoms with Gasteiger partial charge < -0.3 is 35.0 Å². The number of carbonyl (C=O) groups excluding carboxylic acids is 2. The van der Waals surface area contributed by atoms with Crippen LogP contribution in [0.1, 0.15) is 59.2 Å². The highest BCUT2D eigenvalue weighted by atomic mass is 19.2. The zero-order chi connectivity index (χ0) is 37.4. The van der Waals surface area contributed by atoms with Gasteiger partial charge in [-0.1, -0.05) is 61.5 Å². The number of piperidine rings is 1. The maximum absolute atomic E-state index is 14.2. The molecule has 9 nitrogen and oxygen atoms in total. The standard InChI is InChI=1S/C39H37F5N4O5/c1-22-28(19-47-17-15-39(16-18-47)38(51)45-21-48(39)27-5-3-2-4-6-27)52-37(53-35(22)24-9-7-23(20-49)8-10-24)25-11-13-26(14-12-25)46-36(50)29-30(40)32(42)34(44)33(43)31(29)41/h2-14,22,28,35,37,49H,15-21H2,1H3,(H,45,51)(H,46,50)/t22-,28+,35+,37+/m0/s1. The molecule has 3 aliphatic heterocycles. The predicted octanol–water partition coefficient (Wildman–Crippen LogP) is 6.35. The molecule has 7 rings (SSSR count). The maximum Gasteiger partial charge on any atom is 0.261 e. The third kappa shape index (κ3) is 6.87. The van der Waals surface area contributed by atoms with E-state index in [1.165, 1.54) is 12.1 Å². The van der Waals surface area contributed by atoms with Crippen molar-refractivity contribution in [1.82, 2.24) is 10.2 Å². The molecule has 0 unspecified atom stereocenters. The normalized spacial score (nSPS) is 22.9. The Bertz CT molecular complexity index is 1950. The fourth-order valence-electron chi connectivity index (χ4n) is 7.44. The summed E-state index contributed by atoms with van der Waals surface area (Å²) in [6, 6.07) is 23.2. The smallest absolute Gasteiger partial charge is 0.261 e. The zero-order valence-electron chi connectivity index (χ0n) is 28.6. The Morgan fingerprint density at radius 3 is 2.08 bits per heavy atom. The lowest BCUT2D eigenvalue weighted by Gasteiger charge is -2.46. The summed E-state index contributed by atoms with van der Waals surface area (Å²) in [5, 5.41) is 14.8. The Morgan fingerprint density at radius 1 is 0.849 bits per heavy atom. The number of nitrogens with one attached hydrogen (secondary N) is 2. The molecule has 0 aliphatic carbocycles. The van der Waals surface area contributed by atoms with Gasteiger partial charge in [-0.15, -0.1) is 0 Å². The molecule has 53 heavy (non-hydrogen) atoms. The van der Waals surface area contributed by atoms with E-state index in [-0.39, 0.29) is 30.2 Å². The van der Waals surface area contributed by atoms with Gasteiger partial charge in [0.2, 0.25) is 11.7 Å². The Labute approximate surface area is 302 Å². The topological polar surface area (TPSA) is 103 Å². The van der Waals surface area contributed by atoms with Gasteiger partial charge in [0, 0.05) is 42.5 Å². The van der Waals surface area contributed by atoms with Gasteiger partial charge in [-0.2, -0.15) is 0 Å². The molecule has 3 fully saturated rings. The highest BCUT2D eigenvalue weighted by molar-refractivity contribution is 6.04. The van der Waals surface area contributed by atoms with Crippen molar-refractivity contribution in [2.45, 2.75) is 50.4 Å². The van der Waals surface area contributed by atoms with Crippen LogP contribution in [0.5, 0.6) is 0 Å². The average molecular weight is 737 g/mol. The largest absolute Gasteiger partial charge is 0.392 e. The molecule has 14 heteroatoms. The van der Waals surface area contributed by atoms with E-state index in [4.69, 9.17) is 9.47 Å². The predicted molar refractivity (Wildman–Crippen MR) is 184 cm³/mol. The first-order chi connectivity index (χ1) is 25.5. The van der Waals surface area contributed by atoms with Gasteiger partial charge in [0.15, 0.2) is 29.6 Å². The minimum atomic E-state index is -2.36. The number of aliphatic hydroxyl groups excluding tert-OH is 1. The van der Waals surface area contributed by atoms with Crippen LogP contribution in [0.25, 0.3) is 0 Å². The van der Waals surface area contributed by atoms with E-state index in [1.807, 2.05) is 61.5 Å². The molecule has 4 aromatic carbocycles. The number of amides is 2. The molecule has 4 atom stereocenters. The number of hydrogen-bond acceptors (Lipinski definition) is 7. The summed E-state index contributed by atoms with van der Waals surface area (Å²) in [4.78, 5) is 30.3. The number of carbonyl (C=O) groups is 2. The van der Waals surface area contributed by atoms with Crippen molar-refractivity contribution in [3.05, 3.63) is 130 Å². The van der Waals surface area contributed by atoms with Crippen molar-refractivity contribution in [2.75, 3.05) is 36.5 Å². The van der Waals surface area contributed by atoms with Gasteiger partial charge >= 0.3 is 0 Å². The quantitative estimate of drug-likeness (QED) is 0.110. The van der Waals surface area contributed by atoms with Crippen LogP contribution in [-0.4, -0.2) is 59.8 Å².